The lowest BCUT2D eigenvalue weighted by atomic mass is 9.94. The Labute approximate surface area is 201 Å². The van der Waals surface area contributed by atoms with Gasteiger partial charge in [0.1, 0.15) is 11.6 Å². The maximum atomic E-state index is 14.6. The Bertz CT molecular complexity index is 1130. The standard InChI is InChI=1S/C25H28FNO5.C2H6/c1-14(2)32-17-7-8-21(26)16(9-17)10-22-19-12-24(30-5)23(29-4)11-18(19)20(13-27-22)15(3)25(28)31-6;1-2/h7-9,11-15H,10H2,1-6H3;1-2H3. The van der Waals surface area contributed by atoms with Gasteiger partial charge in [-0.25, -0.2) is 4.39 Å². The number of ether oxygens (including phenoxy) is 4. The quantitative estimate of drug-likeness (QED) is 0.371. The summed E-state index contributed by atoms with van der Waals surface area (Å²) in [7, 11) is 4.44. The molecule has 7 heteroatoms. The number of hydrogen-bond acceptors (Lipinski definition) is 6. The lowest BCUT2D eigenvalue weighted by Crippen LogP contribution is -2.12. The number of nitrogens with zero attached hydrogens (tertiary/aromatic N) is 1. The fourth-order valence-corrected chi connectivity index (χ4v) is 3.65. The van der Waals surface area contributed by atoms with E-state index < -0.39 is 5.92 Å². The number of methoxy groups -OCH3 is 3. The van der Waals surface area contributed by atoms with Gasteiger partial charge in [0, 0.05) is 18.0 Å². The van der Waals surface area contributed by atoms with Crippen LogP contribution in [0.2, 0.25) is 0 Å². The molecule has 0 radical (unpaired) electrons. The van der Waals surface area contributed by atoms with Gasteiger partial charge in [0.05, 0.1) is 39.0 Å². The molecule has 0 N–H and O–H groups in total. The summed E-state index contributed by atoms with van der Waals surface area (Å²) in [6.45, 7) is 9.59. The van der Waals surface area contributed by atoms with Crippen LogP contribution in [0, 0.1) is 5.82 Å². The van der Waals surface area contributed by atoms with E-state index in [-0.39, 0.29) is 24.3 Å². The van der Waals surface area contributed by atoms with Crippen molar-refractivity contribution < 1.29 is 28.1 Å². The molecule has 0 fully saturated rings. The van der Waals surface area contributed by atoms with Crippen molar-refractivity contribution in [3.8, 4) is 17.2 Å². The van der Waals surface area contributed by atoms with Crippen LogP contribution in [0.1, 0.15) is 57.4 Å². The molecule has 0 aliphatic heterocycles. The van der Waals surface area contributed by atoms with Crippen LogP contribution in [0.5, 0.6) is 17.2 Å². The molecule has 184 valence electrons. The predicted octanol–water partition coefficient (Wildman–Crippen LogP) is 6.07. The number of carbonyl (C=O) groups excluding carboxylic acids is 1. The predicted molar refractivity (Wildman–Crippen MR) is 132 cm³/mol. The summed E-state index contributed by atoms with van der Waals surface area (Å²) >= 11 is 0. The van der Waals surface area contributed by atoms with Crippen LogP contribution in [0.15, 0.2) is 36.5 Å². The van der Waals surface area contributed by atoms with Crippen LogP contribution in [-0.2, 0) is 16.0 Å². The zero-order chi connectivity index (χ0) is 25.4. The van der Waals surface area contributed by atoms with Crippen LogP contribution >= 0.6 is 0 Å². The summed E-state index contributed by atoms with van der Waals surface area (Å²) in [5.74, 6) is 0.374. The molecule has 34 heavy (non-hydrogen) atoms. The second kappa shape index (κ2) is 12.2. The minimum Gasteiger partial charge on any atom is -0.493 e. The van der Waals surface area contributed by atoms with E-state index >= 15 is 0 Å². The highest BCUT2D eigenvalue weighted by Gasteiger charge is 2.22. The molecule has 1 unspecified atom stereocenters. The monoisotopic (exact) mass is 471 g/mol. The zero-order valence-corrected chi connectivity index (χ0v) is 21.2. The van der Waals surface area contributed by atoms with E-state index in [4.69, 9.17) is 18.9 Å². The number of pyridine rings is 1. The average molecular weight is 472 g/mol. The fourth-order valence-electron chi connectivity index (χ4n) is 3.65. The topological polar surface area (TPSA) is 66.9 Å². The molecule has 0 saturated heterocycles. The average Bonchev–Trinajstić information content (AvgIpc) is 2.85. The first kappa shape index (κ1) is 26.9. The molecular weight excluding hydrogens is 437 g/mol. The second-order valence-corrected chi connectivity index (χ2v) is 7.75. The number of esters is 1. The van der Waals surface area contributed by atoms with E-state index in [1.54, 1.807) is 45.5 Å². The highest BCUT2D eigenvalue weighted by molar-refractivity contribution is 5.94. The Hall–Kier alpha value is -3.35. The van der Waals surface area contributed by atoms with Crippen LogP contribution < -0.4 is 14.2 Å². The third kappa shape index (κ3) is 5.95. The second-order valence-electron chi connectivity index (χ2n) is 7.75. The molecule has 1 atom stereocenters. The van der Waals surface area contributed by atoms with Gasteiger partial charge in [-0.05, 0) is 67.6 Å². The smallest absolute Gasteiger partial charge is 0.312 e. The van der Waals surface area contributed by atoms with Gasteiger partial charge in [-0.3, -0.25) is 9.78 Å². The molecule has 0 amide bonds. The number of aromatic nitrogens is 1. The van der Waals surface area contributed by atoms with Crippen LogP contribution in [0.4, 0.5) is 4.39 Å². The zero-order valence-electron chi connectivity index (χ0n) is 21.2. The molecule has 0 bridgehead atoms. The Morgan fingerprint density at radius 1 is 0.971 bits per heavy atom. The molecule has 0 spiro atoms. The third-order valence-electron chi connectivity index (χ3n) is 5.27. The van der Waals surface area contributed by atoms with Gasteiger partial charge < -0.3 is 18.9 Å². The van der Waals surface area contributed by atoms with Gasteiger partial charge in [-0.2, -0.15) is 0 Å². The molecule has 3 aromatic rings. The normalized spacial score (nSPS) is 11.5. The van der Waals surface area contributed by atoms with Crippen molar-refractivity contribution in [2.45, 2.75) is 53.1 Å². The summed E-state index contributed by atoms with van der Waals surface area (Å²) in [4.78, 5) is 16.8. The Morgan fingerprint density at radius 2 is 1.59 bits per heavy atom. The molecule has 0 aliphatic carbocycles. The van der Waals surface area contributed by atoms with E-state index in [0.29, 0.717) is 34.1 Å². The first-order valence-electron chi connectivity index (χ1n) is 11.3. The van der Waals surface area contributed by atoms with Crippen LogP contribution in [0.25, 0.3) is 10.8 Å². The minimum atomic E-state index is -0.540. The van der Waals surface area contributed by atoms with Gasteiger partial charge in [0.25, 0.3) is 0 Å². The highest BCUT2D eigenvalue weighted by Crippen LogP contribution is 2.37. The van der Waals surface area contributed by atoms with Gasteiger partial charge in [-0.15, -0.1) is 0 Å². The number of halogens is 1. The van der Waals surface area contributed by atoms with E-state index in [1.165, 1.54) is 13.2 Å². The summed E-state index contributed by atoms with van der Waals surface area (Å²) in [5.41, 5.74) is 1.79. The lowest BCUT2D eigenvalue weighted by molar-refractivity contribution is -0.141. The first-order chi connectivity index (χ1) is 16.3. The Kier molecular flexibility index (Phi) is 9.66. The fraction of sp³-hybridized carbons (Fsp3) is 0.407. The maximum absolute atomic E-state index is 14.6. The van der Waals surface area contributed by atoms with E-state index in [0.717, 1.165) is 10.8 Å². The van der Waals surface area contributed by atoms with Crippen LogP contribution in [-0.4, -0.2) is 38.4 Å². The number of hydrogen-bond donors (Lipinski definition) is 0. The molecular formula is C27H34FNO5. The summed E-state index contributed by atoms with van der Waals surface area (Å²) in [6, 6.07) is 8.31. The maximum Gasteiger partial charge on any atom is 0.312 e. The summed E-state index contributed by atoms with van der Waals surface area (Å²) in [6.07, 6.45) is 1.85. The SMILES string of the molecule is CC.COC(=O)C(C)c1cnc(Cc2cc(OC(C)C)ccc2F)c2cc(OC)c(OC)cc12. The molecule has 1 heterocycles. The molecule has 1 aromatic heterocycles. The lowest BCUT2D eigenvalue weighted by Gasteiger charge is -2.17. The minimum absolute atomic E-state index is 0.0249. The van der Waals surface area contributed by atoms with E-state index in [9.17, 15) is 9.18 Å². The molecule has 2 aromatic carbocycles. The third-order valence-corrected chi connectivity index (χ3v) is 5.27. The van der Waals surface area contributed by atoms with Gasteiger partial charge >= 0.3 is 5.97 Å². The van der Waals surface area contributed by atoms with Gasteiger partial charge in [-0.1, -0.05) is 13.8 Å². The molecule has 6 nitrogen and oxygen atoms in total. The molecule has 0 saturated carbocycles. The Balaban J connectivity index is 0.00000199. The molecule has 3 rings (SSSR count). The number of rotatable bonds is 8. The number of carbonyl (C=O) groups is 1. The van der Waals surface area contributed by atoms with Gasteiger partial charge in [0.15, 0.2) is 11.5 Å². The Morgan fingerprint density at radius 3 is 2.15 bits per heavy atom. The van der Waals surface area contributed by atoms with Crippen molar-refractivity contribution in [2.75, 3.05) is 21.3 Å². The van der Waals surface area contributed by atoms with Gasteiger partial charge in [0.2, 0.25) is 0 Å². The van der Waals surface area contributed by atoms with Crippen molar-refractivity contribution in [3.05, 3.63) is 59.2 Å². The van der Waals surface area contributed by atoms with Crippen molar-refractivity contribution in [1.82, 2.24) is 4.98 Å². The summed E-state index contributed by atoms with van der Waals surface area (Å²) in [5, 5.41) is 1.51. The van der Waals surface area contributed by atoms with Crippen molar-refractivity contribution in [2.24, 2.45) is 0 Å². The molecule has 0 aliphatic rings. The van der Waals surface area contributed by atoms with E-state index in [1.807, 2.05) is 33.8 Å². The van der Waals surface area contributed by atoms with Crippen molar-refractivity contribution in [3.63, 3.8) is 0 Å². The van der Waals surface area contributed by atoms with E-state index in [2.05, 4.69) is 4.98 Å². The van der Waals surface area contributed by atoms with Crippen LogP contribution in [0.3, 0.4) is 0 Å². The van der Waals surface area contributed by atoms with Crippen molar-refractivity contribution >= 4 is 16.7 Å². The number of benzene rings is 2. The number of fused-ring (bicyclic) bond motifs is 1. The highest BCUT2D eigenvalue weighted by atomic mass is 19.1. The van der Waals surface area contributed by atoms with Crippen molar-refractivity contribution in [1.29, 1.82) is 0 Å². The first-order valence-corrected chi connectivity index (χ1v) is 11.3. The summed E-state index contributed by atoms with van der Waals surface area (Å²) < 4.78 is 36.2. The largest absolute Gasteiger partial charge is 0.493 e.